The summed E-state index contributed by atoms with van der Waals surface area (Å²) in [4.78, 5) is 23.1. The first-order chi connectivity index (χ1) is 28.0. The molecule has 0 heterocycles. The van der Waals surface area contributed by atoms with Gasteiger partial charge in [-0.2, -0.15) is 0 Å². The van der Waals surface area contributed by atoms with Crippen LogP contribution in [0.1, 0.15) is 206 Å². The summed E-state index contributed by atoms with van der Waals surface area (Å²) in [6.45, 7) is 4.76. The summed E-state index contributed by atoms with van der Waals surface area (Å²) < 4.78 is 23.5. The highest BCUT2D eigenvalue weighted by atomic mass is 31.2. The molecule has 3 N–H and O–H groups in total. The van der Waals surface area contributed by atoms with Crippen LogP contribution < -0.4 is 5.32 Å². The van der Waals surface area contributed by atoms with E-state index in [9.17, 15) is 19.4 Å². The van der Waals surface area contributed by atoms with E-state index in [1.165, 1.54) is 141 Å². The largest absolute Gasteiger partial charge is 0.472 e. The molecule has 58 heavy (non-hydrogen) atoms. The normalized spacial score (nSPS) is 14.7. The van der Waals surface area contributed by atoms with Crippen LogP contribution in [0.4, 0.5) is 0 Å². The smallest absolute Gasteiger partial charge is 0.387 e. The van der Waals surface area contributed by atoms with Crippen LogP contribution in [-0.2, 0) is 18.4 Å². The van der Waals surface area contributed by atoms with Gasteiger partial charge in [0.1, 0.15) is 13.2 Å². The number of likely N-dealkylation sites (N-methyl/N-ethyl adjacent to an activating group) is 1. The van der Waals surface area contributed by atoms with Crippen molar-refractivity contribution in [3.8, 4) is 0 Å². The molecule has 8 nitrogen and oxygen atoms in total. The zero-order valence-electron chi connectivity index (χ0n) is 38.5. The average molecular weight is 838 g/mol. The van der Waals surface area contributed by atoms with Crippen LogP contribution >= 0.6 is 7.82 Å². The van der Waals surface area contributed by atoms with Crippen molar-refractivity contribution in [2.24, 2.45) is 0 Å². The van der Waals surface area contributed by atoms with E-state index in [-0.39, 0.29) is 19.1 Å². The summed E-state index contributed by atoms with van der Waals surface area (Å²) in [7, 11) is 1.55. The van der Waals surface area contributed by atoms with Gasteiger partial charge in [0.05, 0.1) is 39.9 Å². The van der Waals surface area contributed by atoms with Crippen LogP contribution in [0.2, 0.25) is 0 Å². The van der Waals surface area contributed by atoms with Crippen molar-refractivity contribution in [3.63, 3.8) is 0 Å². The van der Waals surface area contributed by atoms with E-state index in [1.54, 1.807) is 6.08 Å². The minimum absolute atomic E-state index is 0.0539. The summed E-state index contributed by atoms with van der Waals surface area (Å²) in [6, 6.07) is -0.864. The number of hydrogen-bond donors (Lipinski definition) is 3. The van der Waals surface area contributed by atoms with Crippen LogP contribution in [0.3, 0.4) is 0 Å². The number of aliphatic hydroxyl groups is 1. The number of nitrogens with one attached hydrogen (secondary N) is 1. The molecule has 0 aliphatic heterocycles. The van der Waals surface area contributed by atoms with E-state index >= 15 is 0 Å². The van der Waals surface area contributed by atoms with Crippen LogP contribution in [0.25, 0.3) is 0 Å². The third kappa shape index (κ3) is 42.6. The summed E-state index contributed by atoms with van der Waals surface area (Å²) in [5.74, 6) is -0.194. The third-order valence-electron chi connectivity index (χ3n) is 10.5. The zero-order chi connectivity index (χ0) is 42.8. The van der Waals surface area contributed by atoms with Crippen molar-refractivity contribution >= 4 is 13.7 Å². The number of quaternary nitrogens is 1. The molecule has 1 amide bonds. The molecule has 0 saturated heterocycles. The van der Waals surface area contributed by atoms with Gasteiger partial charge in [-0.25, -0.2) is 4.57 Å². The molecule has 0 saturated carbocycles. The summed E-state index contributed by atoms with van der Waals surface area (Å²) >= 11 is 0. The second-order valence-corrected chi connectivity index (χ2v) is 18.9. The fraction of sp³-hybridized carbons (Fsp3) is 0.816. The highest BCUT2D eigenvalue weighted by molar-refractivity contribution is 7.47. The Morgan fingerprint density at radius 3 is 1.48 bits per heavy atom. The Hall–Kier alpha value is -1.54. The monoisotopic (exact) mass is 838 g/mol. The molecular weight excluding hydrogens is 744 g/mol. The standard InChI is InChI=1S/C49H93N2O6P/c1-6-8-10-12-14-16-18-19-20-21-22-23-24-25-26-27-28-29-30-31-33-35-37-39-41-43-49(53)50-47(46-57-58(54,55)56-45-44-51(3,4)5)48(52)42-40-38-36-34-32-17-15-13-11-9-7-2/h22-23,25-26,32,34,40,42,47-48,52H,6-21,24,27-31,33,35-39,41,43-46H2,1-5H3,(H-,50,53,54,55)/p+1/b23-22-,26-25-,34-32+,42-40+. The third-order valence-corrected chi connectivity index (χ3v) is 11.5. The molecule has 0 aliphatic rings. The Labute approximate surface area is 359 Å². The summed E-state index contributed by atoms with van der Waals surface area (Å²) in [5, 5.41) is 13.8. The van der Waals surface area contributed by atoms with Gasteiger partial charge in [0.25, 0.3) is 0 Å². The molecule has 3 unspecified atom stereocenters. The minimum atomic E-state index is -4.35. The molecule has 340 valence electrons. The van der Waals surface area contributed by atoms with Gasteiger partial charge in [0, 0.05) is 6.42 Å². The van der Waals surface area contributed by atoms with Gasteiger partial charge in [0.15, 0.2) is 0 Å². The number of hydrogen-bond acceptors (Lipinski definition) is 5. The van der Waals surface area contributed by atoms with Crippen LogP contribution in [0.5, 0.6) is 0 Å². The first-order valence-corrected chi connectivity index (χ1v) is 25.5. The summed E-state index contributed by atoms with van der Waals surface area (Å²) in [6.07, 6.45) is 52.0. The maximum atomic E-state index is 12.9. The topological polar surface area (TPSA) is 105 Å². The molecule has 9 heteroatoms. The first kappa shape index (κ1) is 56.5. The van der Waals surface area contributed by atoms with Gasteiger partial charge < -0.3 is 19.8 Å². The number of aliphatic hydroxyl groups excluding tert-OH is 1. The van der Waals surface area contributed by atoms with E-state index in [0.29, 0.717) is 17.4 Å². The van der Waals surface area contributed by atoms with Gasteiger partial charge in [0.2, 0.25) is 5.91 Å². The van der Waals surface area contributed by atoms with Crippen molar-refractivity contribution in [2.75, 3.05) is 40.9 Å². The molecule has 0 aromatic heterocycles. The van der Waals surface area contributed by atoms with Crippen molar-refractivity contribution in [2.45, 2.75) is 219 Å². The van der Waals surface area contributed by atoms with E-state index in [2.05, 4.69) is 55.6 Å². The molecular formula is C49H94N2O6P+. The van der Waals surface area contributed by atoms with E-state index in [4.69, 9.17) is 9.05 Å². The second-order valence-electron chi connectivity index (χ2n) is 17.5. The number of allylic oxidation sites excluding steroid dienone is 7. The molecule has 0 spiro atoms. The Morgan fingerprint density at radius 2 is 1.00 bits per heavy atom. The van der Waals surface area contributed by atoms with Gasteiger partial charge in [-0.15, -0.1) is 0 Å². The molecule has 0 radical (unpaired) electrons. The first-order valence-electron chi connectivity index (χ1n) is 24.0. The van der Waals surface area contributed by atoms with Gasteiger partial charge in [-0.3, -0.25) is 13.8 Å². The molecule has 3 atom stereocenters. The molecule has 0 aromatic carbocycles. The summed E-state index contributed by atoms with van der Waals surface area (Å²) in [5.41, 5.74) is 0. The molecule has 0 aromatic rings. The minimum Gasteiger partial charge on any atom is -0.387 e. The molecule has 0 fully saturated rings. The molecule has 0 rings (SSSR count). The van der Waals surface area contributed by atoms with E-state index in [0.717, 1.165) is 44.9 Å². The van der Waals surface area contributed by atoms with Crippen LogP contribution in [0.15, 0.2) is 48.6 Å². The van der Waals surface area contributed by atoms with Gasteiger partial charge in [-0.05, 0) is 64.2 Å². The fourth-order valence-electron chi connectivity index (χ4n) is 6.67. The van der Waals surface area contributed by atoms with Gasteiger partial charge in [-0.1, -0.05) is 184 Å². The predicted molar refractivity (Wildman–Crippen MR) is 249 cm³/mol. The van der Waals surface area contributed by atoms with Crippen LogP contribution in [0, 0.1) is 0 Å². The lowest BCUT2D eigenvalue weighted by molar-refractivity contribution is -0.870. The quantitative estimate of drug-likeness (QED) is 0.0244. The van der Waals surface area contributed by atoms with E-state index < -0.39 is 20.0 Å². The maximum absolute atomic E-state index is 12.9. The van der Waals surface area contributed by atoms with Gasteiger partial charge >= 0.3 is 7.82 Å². The lowest BCUT2D eigenvalue weighted by Crippen LogP contribution is -2.45. The SMILES string of the molecule is CCCCCCC/C=C/CC/C=C/C(O)C(COP(=O)(O)OCC[N+](C)(C)C)NC(=O)CCCCCCCCCCC/C=C\C/C=C\CCCCCCCCCCC. The zero-order valence-corrected chi connectivity index (χ0v) is 39.4. The van der Waals surface area contributed by atoms with Crippen molar-refractivity contribution < 1.29 is 32.9 Å². The Kier molecular flexibility index (Phi) is 39.8. The number of carbonyl (C=O) groups is 1. The number of nitrogens with zero attached hydrogens (tertiary/aromatic N) is 1. The maximum Gasteiger partial charge on any atom is 0.472 e. The number of amides is 1. The number of unbranched alkanes of at least 4 members (excludes halogenated alkanes) is 24. The number of phosphoric ester groups is 1. The lowest BCUT2D eigenvalue weighted by Gasteiger charge is -2.25. The predicted octanol–water partition coefficient (Wildman–Crippen LogP) is 13.6. The Morgan fingerprint density at radius 1 is 0.586 bits per heavy atom. The second kappa shape index (κ2) is 40.8. The number of rotatable bonds is 43. The fourth-order valence-corrected chi connectivity index (χ4v) is 7.41. The van der Waals surface area contributed by atoms with Crippen LogP contribution in [-0.4, -0.2) is 73.4 Å². The van der Waals surface area contributed by atoms with Crippen molar-refractivity contribution in [3.05, 3.63) is 48.6 Å². The molecule has 0 bridgehead atoms. The Bertz CT molecular complexity index is 1090. The lowest BCUT2D eigenvalue weighted by atomic mass is 10.1. The van der Waals surface area contributed by atoms with Crippen molar-refractivity contribution in [1.82, 2.24) is 5.32 Å². The highest BCUT2D eigenvalue weighted by Gasteiger charge is 2.27. The number of carbonyl (C=O) groups excluding carboxylic acids is 1. The average Bonchev–Trinajstić information content (AvgIpc) is 3.17. The Balaban J connectivity index is 4.25. The van der Waals surface area contributed by atoms with E-state index in [1.807, 2.05) is 27.2 Å². The highest BCUT2D eigenvalue weighted by Crippen LogP contribution is 2.43. The number of phosphoric acid groups is 1. The van der Waals surface area contributed by atoms with Crippen molar-refractivity contribution in [1.29, 1.82) is 0 Å². The molecule has 0 aliphatic carbocycles.